The molecule has 6 heteroatoms. The van der Waals surface area contributed by atoms with Gasteiger partial charge in [-0.25, -0.2) is 8.42 Å². The molecule has 0 saturated carbocycles. The molecule has 0 radical (unpaired) electrons. The highest BCUT2D eigenvalue weighted by Crippen LogP contribution is 2.33. The fourth-order valence-electron chi connectivity index (χ4n) is 3.26. The fraction of sp³-hybridized carbons (Fsp3) is 0.923. The van der Waals surface area contributed by atoms with Gasteiger partial charge in [-0.05, 0) is 32.7 Å². The van der Waals surface area contributed by atoms with Crippen LogP contribution in [-0.2, 0) is 14.6 Å². The molecule has 2 rings (SSSR count). The smallest absolute Gasteiger partial charge is 0.228 e. The molecule has 0 aliphatic carbocycles. The van der Waals surface area contributed by atoms with Gasteiger partial charge < -0.3 is 10.6 Å². The summed E-state index contributed by atoms with van der Waals surface area (Å²) >= 11 is 0. The van der Waals surface area contributed by atoms with E-state index in [9.17, 15) is 13.2 Å². The van der Waals surface area contributed by atoms with Crippen molar-refractivity contribution in [2.45, 2.75) is 45.1 Å². The molecular formula is C13H24N2O3S. The van der Waals surface area contributed by atoms with Gasteiger partial charge in [-0.1, -0.05) is 13.3 Å². The van der Waals surface area contributed by atoms with Gasteiger partial charge in [-0.2, -0.15) is 0 Å². The zero-order chi connectivity index (χ0) is 14.1. The van der Waals surface area contributed by atoms with E-state index in [0.717, 1.165) is 25.8 Å². The summed E-state index contributed by atoms with van der Waals surface area (Å²) in [6.07, 6.45) is 3.19. The maximum absolute atomic E-state index is 12.6. The molecule has 0 aromatic carbocycles. The Morgan fingerprint density at radius 2 is 2.11 bits per heavy atom. The second-order valence-electron chi connectivity index (χ2n) is 6.31. The first-order valence-corrected chi connectivity index (χ1v) is 8.87. The zero-order valence-electron chi connectivity index (χ0n) is 11.8. The van der Waals surface area contributed by atoms with Crippen LogP contribution >= 0.6 is 0 Å². The van der Waals surface area contributed by atoms with Crippen LogP contribution in [-0.4, -0.2) is 44.5 Å². The van der Waals surface area contributed by atoms with Gasteiger partial charge in [0.25, 0.3) is 0 Å². The lowest BCUT2D eigenvalue weighted by Gasteiger charge is -2.32. The van der Waals surface area contributed by atoms with Gasteiger partial charge in [0.1, 0.15) is 0 Å². The topological polar surface area (TPSA) is 75.3 Å². The number of carbonyl (C=O) groups excluding carboxylic acids is 1. The highest BCUT2D eigenvalue weighted by atomic mass is 32.2. The average molecular weight is 288 g/mol. The number of hydrogen-bond acceptors (Lipinski definition) is 4. The largest absolute Gasteiger partial charge is 0.349 e. The molecule has 2 heterocycles. The van der Waals surface area contributed by atoms with Crippen LogP contribution < -0.4 is 10.6 Å². The molecule has 2 atom stereocenters. The molecule has 5 nitrogen and oxygen atoms in total. The minimum absolute atomic E-state index is 0.0268. The molecule has 19 heavy (non-hydrogen) atoms. The van der Waals surface area contributed by atoms with E-state index >= 15 is 0 Å². The average Bonchev–Trinajstić information content (AvgIpc) is 2.85. The van der Waals surface area contributed by atoms with Crippen LogP contribution in [0, 0.1) is 5.41 Å². The maximum atomic E-state index is 12.6. The lowest BCUT2D eigenvalue weighted by atomic mass is 9.80. The van der Waals surface area contributed by atoms with Crippen molar-refractivity contribution in [3.8, 4) is 0 Å². The van der Waals surface area contributed by atoms with E-state index in [1.165, 1.54) is 0 Å². The van der Waals surface area contributed by atoms with Crippen LogP contribution in [0.2, 0.25) is 0 Å². The molecule has 1 amide bonds. The molecule has 2 N–H and O–H groups in total. The van der Waals surface area contributed by atoms with E-state index in [-0.39, 0.29) is 22.8 Å². The van der Waals surface area contributed by atoms with Crippen molar-refractivity contribution in [1.82, 2.24) is 10.6 Å². The van der Waals surface area contributed by atoms with Gasteiger partial charge in [0, 0.05) is 6.54 Å². The van der Waals surface area contributed by atoms with Crippen molar-refractivity contribution >= 4 is 15.7 Å². The van der Waals surface area contributed by atoms with Crippen molar-refractivity contribution in [3.63, 3.8) is 0 Å². The minimum atomic E-state index is -2.99. The Bertz CT molecular complexity index is 455. The third-order valence-corrected chi connectivity index (χ3v) is 6.28. The number of sulfone groups is 1. The summed E-state index contributed by atoms with van der Waals surface area (Å²) in [7, 11) is -2.99. The highest BCUT2D eigenvalue weighted by Gasteiger charge is 2.45. The van der Waals surface area contributed by atoms with E-state index in [1.54, 1.807) is 0 Å². The molecule has 2 saturated heterocycles. The van der Waals surface area contributed by atoms with Crippen LogP contribution in [0.1, 0.15) is 39.5 Å². The predicted octanol–water partition coefficient (Wildman–Crippen LogP) is 0.460. The number of amides is 1. The van der Waals surface area contributed by atoms with Gasteiger partial charge in [-0.15, -0.1) is 0 Å². The quantitative estimate of drug-likeness (QED) is 0.788. The van der Waals surface area contributed by atoms with Gasteiger partial charge in [-0.3, -0.25) is 4.79 Å². The number of carbonyl (C=O) groups is 1. The Morgan fingerprint density at radius 3 is 2.58 bits per heavy atom. The lowest BCUT2D eigenvalue weighted by Crippen LogP contribution is -2.53. The molecule has 0 aromatic heterocycles. The van der Waals surface area contributed by atoms with Crippen molar-refractivity contribution in [1.29, 1.82) is 0 Å². The molecule has 0 aromatic rings. The first-order valence-electron chi connectivity index (χ1n) is 7.05. The maximum Gasteiger partial charge on any atom is 0.228 e. The highest BCUT2D eigenvalue weighted by molar-refractivity contribution is 7.91. The summed E-state index contributed by atoms with van der Waals surface area (Å²) < 4.78 is 23.2. The van der Waals surface area contributed by atoms with E-state index in [2.05, 4.69) is 17.6 Å². The van der Waals surface area contributed by atoms with Crippen LogP contribution in [0.25, 0.3) is 0 Å². The van der Waals surface area contributed by atoms with Gasteiger partial charge in [0.05, 0.1) is 22.5 Å². The lowest BCUT2D eigenvalue weighted by molar-refractivity contribution is -0.132. The first-order chi connectivity index (χ1) is 8.81. The summed E-state index contributed by atoms with van der Waals surface area (Å²) in [5.41, 5.74) is -0.927. The number of nitrogens with one attached hydrogen (secondary N) is 2. The summed E-state index contributed by atoms with van der Waals surface area (Å²) in [5, 5.41) is 6.27. The fourth-order valence-corrected chi connectivity index (χ4v) is 5.35. The van der Waals surface area contributed by atoms with Crippen LogP contribution in [0.5, 0.6) is 0 Å². The Morgan fingerprint density at radius 1 is 1.37 bits per heavy atom. The molecule has 2 unspecified atom stereocenters. The van der Waals surface area contributed by atoms with Crippen molar-refractivity contribution < 1.29 is 13.2 Å². The van der Waals surface area contributed by atoms with Gasteiger partial charge in [0.15, 0.2) is 9.84 Å². The minimum Gasteiger partial charge on any atom is -0.349 e. The van der Waals surface area contributed by atoms with E-state index < -0.39 is 15.4 Å². The molecule has 2 aliphatic heterocycles. The monoisotopic (exact) mass is 288 g/mol. The molecule has 2 aliphatic rings. The number of rotatable bonds is 4. The standard InChI is InChI=1S/C13H24N2O3S/c1-3-4-13(5-7-14-9-13)11(16)15-12(2)6-8-19(17,18)10-12/h14H,3-10H2,1-2H3,(H,15,16). The summed E-state index contributed by atoms with van der Waals surface area (Å²) in [6, 6.07) is 0. The van der Waals surface area contributed by atoms with Crippen molar-refractivity contribution in [3.05, 3.63) is 0 Å². The normalized spacial score (nSPS) is 37.4. The second kappa shape index (κ2) is 5.05. The van der Waals surface area contributed by atoms with Crippen LogP contribution in [0.3, 0.4) is 0 Å². The van der Waals surface area contributed by atoms with Gasteiger partial charge >= 0.3 is 0 Å². The van der Waals surface area contributed by atoms with E-state index in [4.69, 9.17) is 0 Å². The number of hydrogen-bond donors (Lipinski definition) is 2. The Labute approximate surface area is 115 Å². The first kappa shape index (κ1) is 14.8. The third kappa shape index (κ3) is 3.11. The second-order valence-corrected chi connectivity index (χ2v) is 8.50. The molecular weight excluding hydrogens is 264 g/mol. The molecule has 0 bridgehead atoms. The Balaban J connectivity index is 2.08. The van der Waals surface area contributed by atoms with Crippen LogP contribution in [0.15, 0.2) is 0 Å². The zero-order valence-corrected chi connectivity index (χ0v) is 12.6. The van der Waals surface area contributed by atoms with Crippen molar-refractivity contribution in [2.75, 3.05) is 24.6 Å². The van der Waals surface area contributed by atoms with E-state index in [1.807, 2.05) is 6.92 Å². The van der Waals surface area contributed by atoms with Crippen LogP contribution in [0.4, 0.5) is 0 Å². The van der Waals surface area contributed by atoms with Crippen molar-refractivity contribution in [2.24, 2.45) is 5.41 Å². The Kier molecular flexibility index (Phi) is 3.93. The Hall–Kier alpha value is -0.620. The molecule has 0 spiro atoms. The van der Waals surface area contributed by atoms with Gasteiger partial charge in [0.2, 0.25) is 5.91 Å². The third-order valence-electron chi connectivity index (χ3n) is 4.37. The molecule has 2 fully saturated rings. The summed E-state index contributed by atoms with van der Waals surface area (Å²) in [4.78, 5) is 12.6. The SMILES string of the molecule is CCCC1(C(=O)NC2(C)CCS(=O)(=O)C2)CCNC1. The predicted molar refractivity (Wildman–Crippen MR) is 74.6 cm³/mol. The summed E-state index contributed by atoms with van der Waals surface area (Å²) in [5.74, 6) is 0.281. The summed E-state index contributed by atoms with van der Waals surface area (Å²) in [6.45, 7) is 5.49. The molecule has 110 valence electrons. The van der Waals surface area contributed by atoms with E-state index in [0.29, 0.717) is 13.0 Å².